The number of pyridine rings is 1. The maximum atomic E-state index is 8.83. The molecule has 3 nitrogen and oxygen atoms in total. The van der Waals surface area contributed by atoms with Crippen molar-refractivity contribution in [1.82, 2.24) is 4.98 Å². The van der Waals surface area contributed by atoms with Gasteiger partial charge in [0.1, 0.15) is 0 Å². The van der Waals surface area contributed by atoms with Gasteiger partial charge in [-0.05, 0) is 18.6 Å². The zero-order valence-corrected chi connectivity index (χ0v) is 8.62. The van der Waals surface area contributed by atoms with E-state index in [0.717, 1.165) is 0 Å². The minimum Gasteiger partial charge on any atom is -0.392 e. The van der Waals surface area contributed by atoms with Gasteiger partial charge >= 0.3 is 0 Å². The fourth-order valence-electron chi connectivity index (χ4n) is 1.08. The standard InChI is InChI=1S/C10H11ClN2O/c1-7(4-12)2-10-9(11)3-8(6-14)5-13-10/h3,5,7,14H,2,6H2,1H3. The van der Waals surface area contributed by atoms with Crippen LogP contribution < -0.4 is 0 Å². The summed E-state index contributed by atoms with van der Waals surface area (Å²) in [6.07, 6.45) is 2.12. The van der Waals surface area contributed by atoms with Crippen LogP contribution in [-0.2, 0) is 13.0 Å². The minimum absolute atomic E-state index is 0.0686. The quantitative estimate of drug-likeness (QED) is 0.830. The smallest absolute Gasteiger partial charge is 0.0697 e. The number of nitriles is 1. The summed E-state index contributed by atoms with van der Waals surface area (Å²) < 4.78 is 0. The SMILES string of the molecule is CC(C#N)Cc1ncc(CO)cc1Cl. The molecule has 1 rings (SSSR count). The molecular weight excluding hydrogens is 200 g/mol. The lowest BCUT2D eigenvalue weighted by Crippen LogP contribution is -2.00. The lowest BCUT2D eigenvalue weighted by atomic mass is 10.1. The number of hydrogen-bond acceptors (Lipinski definition) is 3. The maximum absolute atomic E-state index is 8.83. The molecule has 0 aromatic carbocycles. The summed E-state index contributed by atoms with van der Waals surface area (Å²) in [6.45, 7) is 1.75. The van der Waals surface area contributed by atoms with Crippen molar-refractivity contribution in [2.75, 3.05) is 0 Å². The number of aliphatic hydroxyl groups excluding tert-OH is 1. The number of aromatic nitrogens is 1. The number of nitrogens with zero attached hydrogens (tertiary/aromatic N) is 2. The highest BCUT2D eigenvalue weighted by Crippen LogP contribution is 2.18. The fraction of sp³-hybridized carbons (Fsp3) is 0.400. The maximum Gasteiger partial charge on any atom is 0.0697 e. The highest BCUT2D eigenvalue weighted by atomic mass is 35.5. The van der Waals surface area contributed by atoms with E-state index in [1.165, 1.54) is 0 Å². The Hall–Kier alpha value is -1.11. The molecule has 0 amide bonds. The topological polar surface area (TPSA) is 56.9 Å². The first-order valence-corrected chi connectivity index (χ1v) is 4.69. The molecule has 0 aliphatic carbocycles. The van der Waals surface area contributed by atoms with E-state index in [4.69, 9.17) is 22.0 Å². The van der Waals surface area contributed by atoms with Gasteiger partial charge in [-0.1, -0.05) is 11.6 Å². The molecule has 0 fully saturated rings. The van der Waals surface area contributed by atoms with Crippen LogP contribution in [-0.4, -0.2) is 10.1 Å². The molecule has 0 bridgehead atoms. The van der Waals surface area contributed by atoms with Crippen LogP contribution in [0.4, 0.5) is 0 Å². The largest absolute Gasteiger partial charge is 0.392 e. The fourth-order valence-corrected chi connectivity index (χ4v) is 1.34. The molecule has 74 valence electrons. The average molecular weight is 211 g/mol. The Morgan fingerprint density at radius 3 is 2.93 bits per heavy atom. The van der Waals surface area contributed by atoms with Crippen LogP contribution in [0.15, 0.2) is 12.3 Å². The first-order chi connectivity index (χ1) is 6.67. The first-order valence-electron chi connectivity index (χ1n) is 4.31. The summed E-state index contributed by atoms with van der Waals surface area (Å²) in [5.41, 5.74) is 1.39. The van der Waals surface area contributed by atoms with Crippen LogP contribution in [0.5, 0.6) is 0 Å². The molecule has 0 radical (unpaired) electrons. The van der Waals surface area contributed by atoms with Crippen molar-refractivity contribution in [3.05, 3.63) is 28.5 Å². The molecular formula is C10H11ClN2O. The number of aliphatic hydroxyl groups is 1. The second-order valence-corrected chi connectivity index (χ2v) is 3.57. The van der Waals surface area contributed by atoms with Crippen LogP contribution in [0.25, 0.3) is 0 Å². The van der Waals surface area contributed by atoms with Crippen molar-refractivity contribution in [3.8, 4) is 6.07 Å². The van der Waals surface area contributed by atoms with Crippen molar-refractivity contribution in [2.45, 2.75) is 20.0 Å². The van der Waals surface area contributed by atoms with Crippen LogP contribution >= 0.6 is 11.6 Å². The van der Waals surface area contributed by atoms with Crippen molar-refractivity contribution in [3.63, 3.8) is 0 Å². The second-order valence-electron chi connectivity index (χ2n) is 3.16. The number of hydrogen-bond donors (Lipinski definition) is 1. The molecule has 1 atom stereocenters. The molecule has 4 heteroatoms. The predicted molar refractivity (Wildman–Crippen MR) is 53.7 cm³/mol. The molecule has 0 saturated carbocycles. The number of halogens is 1. The summed E-state index contributed by atoms with van der Waals surface area (Å²) in [6, 6.07) is 3.80. The van der Waals surface area contributed by atoms with E-state index in [0.29, 0.717) is 22.7 Å². The Bertz CT molecular complexity index is 360. The monoisotopic (exact) mass is 210 g/mol. The Balaban J connectivity index is 2.85. The van der Waals surface area contributed by atoms with E-state index >= 15 is 0 Å². The zero-order chi connectivity index (χ0) is 10.6. The van der Waals surface area contributed by atoms with Crippen molar-refractivity contribution < 1.29 is 5.11 Å². The van der Waals surface area contributed by atoms with Gasteiger partial charge in [0.05, 0.1) is 23.4 Å². The van der Waals surface area contributed by atoms with Gasteiger partial charge < -0.3 is 5.11 Å². The van der Waals surface area contributed by atoms with Crippen LogP contribution in [0.3, 0.4) is 0 Å². The molecule has 14 heavy (non-hydrogen) atoms. The van der Waals surface area contributed by atoms with Gasteiger partial charge in [0, 0.05) is 18.5 Å². The summed E-state index contributed by atoms with van der Waals surface area (Å²) in [7, 11) is 0. The molecule has 0 spiro atoms. The van der Waals surface area contributed by atoms with Gasteiger partial charge in [0.2, 0.25) is 0 Å². The predicted octanol–water partition coefficient (Wildman–Crippen LogP) is 1.93. The molecule has 0 aliphatic rings. The second kappa shape index (κ2) is 4.94. The van der Waals surface area contributed by atoms with Gasteiger partial charge in [-0.2, -0.15) is 5.26 Å². The summed E-state index contributed by atoms with van der Waals surface area (Å²) >= 11 is 5.93. The molecule has 0 aliphatic heterocycles. The highest BCUT2D eigenvalue weighted by Gasteiger charge is 2.07. The van der Waals surface area contributed by atoms with E-state index in [-0.39, 0.29) is 12.5 Å². The van der Waals surface area contributed by atoms with E-state index in [9.17, 15) is 0 Å². The molecule has 1 aromatic heterocycles. The molecule has 0 saturated heterocycles. The lowest BCUT2D eigenvalue weighted by Gasteiger charge is -2.05. The lowest BCUT2D eigenvalue weighted by molar-refractivity contribution is 0.281. The van der Waals surface area contributed by atoms with Crippen molar-refractivity contribution in [2.24, 2.45) is 5.92 Å². The van der Waals surface area contributed by atoms with Crippen LogP contribution in [0.1, 0.15) is 18.2 Å². The Labute approximate surface area is 88.0 Å². The van der Waals surface area contributed by atoms with E-state index < -0.39 is 0 Å². The summed E-state index contributed by atoms with van der Waals surface area (Å²) in [4.78, 5) is 4.09. The van der Waals surface area contributed by atoms with Crippen LogP contribution in [0.2, 0.25) is 5.02 Å². The van der Waals surface area contributed by atoms with Gasteiger partial charge in [-0.15, -0.1) is 0 Å². The van der Waals surface area contributed by atoms with Crippen molar-refractivity contribution in [1.29, 1.82) is 5.26 Å². The highest BCUT2D eigenvalue weighted by molar-refractivity contribution is 6.31. The summed E-state index contributed by atoms with van der Waals surface area (Å²) in [5, 5.41) is 18.0. The minimum atomic E-state index is -0.0972. The third-order valence-corrected chi connectivity index (χ3v) is 2.20. The van der Waals surface area contributed by atoms with Crippen LogP contribution in [0, 0.1) is 17.2 Å². The third kappa shape index (κ3) is 2.69. The van der Waals surface area contributed by atoms with E-state index in [1.54, 1.807) is 12.3 Å². The Kier molecular flexibility index (Phi) is 3.87. The Morgan fingerprint density at radius 1 is 1.71 bits per heavy atom. The molecule has 1 N–H and O–H groups in total. The normalized spacial score (nSPS) is 12.1. The summed E-state index contributed by atoms with van der Waals surface area (Å²) in [5.74, 6) is -0.0972. The van der Waals surface area contributed by atoms with Gasteiger partial charge in [-0.25, -0.2) is 0 Å². The molecule has 1 aromatic rings. The van der Waals surface area contributed by atoms with E-state index in [1.807, 2.05) is 6.92 Å². The van der Waals surface area contributed by atoms with Gasteiger partial charge in [0.15, 0.2) is 0 Å². The molecule has 1 heterocycles. The zero-order valence-electron chi connectivity index (χ0n) is 7.87. The van der Waals surface area contributed by atoms with Gasteiger partial charge in [-0.3, -0.25) is 4.98 Å². The average Bonchev–Trinajstić information content (AvgIpc) is 2.20. The Morgan fingerprint density at radius 2 is 2.43 bits per heavy atom. The van der Waals surface area contributed by atoms with Crippen molar-refractivity contribution >= 4 is 11.6 Å². The van der Waals surface area contributed by atoms with Gasteiger partial charge in [0.25, 0.3) is 0 Å². The molecule has 1 unspecified atom stereocenters. The van der Waals surface area contributed by atoms with E-state index in [2.05, 4.69) is 11.1 Å². The third-order valence-electron chi connectivity index (χ3n) is 1.88. The first kappa shape index (κ1) is 11.0. The number of rotatable bonds is 3.